The number of aliphatic hydroxyl groups is 1. The third-order valence-electron chi connectivity index (χ3n) is 3.27. The summed E-state index contributed by atoms with van der Waals surface area (Å²) in [4.78, 5) is 13.8. The Hall–Kier alpha value is -1.28. The summed E-state index contributed by atoms with van der Waals surface area (Å²) in [6, 6.07) is 4.51. The highest BCUT2D eigenvalue weighted by molar-refractivity contribution is 6.44. The standard InChI is InChI=1S/C13H12Cl2N2O2/c1-13(2,6-18)17-9(5-16)7-3-4-8(14)11(15)10(7)12(17)19/h3-4,9,18H,6H2,1-2H3. The molecule has 1 aliphatic rings. The summed E-state index contributed by atoms with van der Waals surface area (Å²) in [6.07, 6.45) is 0. The molecule has 4 nitrogen and oxygen atoms in total. The van der Waals surface area contributed by atoms with Crippen molar-refractivity contribution in [2.75, 3.05) is 6.61 Å². The third kappa shape index (κ3) is 1.99. The Morgan fingerprint density at radius 3 is 2.63 bits per heavy atom. The Morgan fingerprint density at radius 2 is 2.11 bits per heavy atom. The summed E-state index contributed by atoms with van der Waals surface area (Å²) in [5.41, 5.74) is -0.0718. The van der Waals surface area contributed by atoms with Gasteiger partial charge in [-0.25, -0.2) is 0 Å². The SMILES string of the molecule is CC(C)(CO)N1C(=O)c2c(ccc(Cl)c2Cl)C1C#N. The lowest BCUT2D eigenvalue weighted by molar-refractivity contribution is 0.0337. The number of amides is 1. The first-order valence-electron chi connectivity index (χ1n) is 5.67. The predicted molar refractivity (Wildman–Crippen MR) is 72.2 cm³/mol. The Kier molecular flexibility index (Phi) is 3.48. The number of nitrogens with zero attached hydrogens (tertiary/aromatic N) is 2. The van der Waals surface area contributed by atoms with Crippen LogP contribution in [0, 0.1) is 11.3 Å². The van der Waals surface area contributed by atoms with Gasteiger partial charge in [0, 0.05) is 5.56 Å². The summed E-state index contributed by atoms with van der Waals surface area (Å²) < 4.78 is 0. The average molecular weight is 299 g/mol. The van der Waals surface area contributed by atoms with E-state index in [1.165, 1.54) is 4.90 Å². The van der Waals surface area contributed by atoms with E-state index in [-0.39, 0.29) is 28.1 Å². The number of halogens is 2. The van der Waals surface area contributed by atoms with E-state index in [1.807, 2.05) is 0 Å². The summed E-state index contributed by atoms with van der Waals surface area (Å²) in [6.45, 7) is 3.13. The van der Waals surface area contributed by atoms with E-state index in [1.54, 1.807) is 26.0 Å². The minimum Gasteiger partial charge on any atom is -0.394 e. The zero-order valence-corrected chi connectivity index (χ0v) is 12.0. The molecule has 1 N–H and O–H groups in total. The molecule has 0 radical (unpaired) electrons. The number of fused-ring (bicyclic) bond motifs is 1. The molecule has 1 amide bonds. The zero-order valence-electron chi connectivity index (χ0n) is 10.4. The van der Waals surface area contributed by atoms with Crippen molar-refractivity contribution in [2.24, 2.45) is 0 Å². The van der Waals surface area contributed by atoms with Crippen molar-refractivity contribution in [3.63, 3.8) is 0 Å². The van der Waals surface area contributed by atoms with Crippen LogP contribution in [0.25, 0.3) is 0 Å². The molecule has 0 bridgehead atoms. The van der Waals surface area contributed by atoms with E-state index in [2.05, 4.69) is 6.07 Å². The first-order valence-corrected chi connectivity index (χ1v) is 6.42. The number of hydrogen-bond donors (Lipinski definition) is 1. The van der Waals surface area contributed by atoms with E-state index < -0.39 is 11.6 Å². The van der Waals surface area contributed by atoms with Crippen LogP contribution in [-0.4, -0.2) is 28.1 Å². The molecule has 1 aliphatic heterocycles. The van der Waals surface area contributed by atoms with Crippen LogP contribution in [0.15, 0.2) is 12.1 Å². The number of rotatable bonds is 2. The predicted octanol–water partition coefficient (Wildman–Crippen LogP) is 2.78. The van der Waals surface area contributed by atoms with Gasteiger partial charge in [0.25, 0.3) is 5.91 Å². The van der Waals surface area contributed by atoms with Gasteiger partial charge in [0.15, 0.2) is 0 Å². The number of aliphatic hydroxyl groups excluding tert-OH is 1. The van der Waals surface area contributed by atoms with Crippen LogP contribution in [0.1, 0.15) is 35.8 Å². The van der Waals surface area contributed by atoms with Crippen molar-refractivity contribution in [3.8, 4) is 6.07 Å². The van der Waals surface area contributed by atoms with Gasteiger partial charge in [-0.05, 0) is 19.9 Å². The molecule has 1 atom stereocenters. The van der Waals surface area contributed by atoms with Crippen LogP contribution in [0.2, 0.25) is 10.0 Å². The van der Waals surface area contributed by atoms with Crippen molar-refractivity contribution in [2.45, 2.75) is 25.4 Å². The molecule has 0 fully saturated rings. The van der Waals surface area contributed by atoms with Gasteiger partial charge in [0.2, 0.25) is 0 Å². The second kappa shape index (κ2) is 4.68. The van der Waals surface area contributed by atoms with Crippen molar-refractivity contribution in [3.05, 3.63) is 33.3 Å². The molecule has 2 rings (SSSR count). The van der Waals surface area contributed by atoms with Crippen molar-refractivity contribution >= 4 is 29.1 Å². The van der Waals surface area contributed by atoms with Gasteiger partial charge < -0.3 is 10.0 Å². The van der Waals surface area contributed by atoms with Crippen molar-refractivity contribution < 1.29 is 9.90 Å². The second-order valence-corrected chi connectivity index (χ2v) is 5.79. The summed E-state index contributed by atoms with van der Waals surface area (Å²) in [5, 5.41) is 19.2. The normalized spacial score (nSPS) is 18.4. The quantitative estimate of drug-likeness (QED) is 0.913. The van der Waals surface area contributed by atoms with Crippen molar-refractivity contribution in [1.82, 2.24) is 4.90 Å². The van der Waals surface area contributed by atoms with Gasteiger partial charge in [0.1, 0.15) is 6.04 Å². The first-order chi connectivity index (χ1) is 8.85. The summed E-state index contributed by atoms with van der Waals surface area (Å²) in [7, 11) is 0. The number of hydrogen-bond acceptors (Lipinski definition) is 3. The van der Waals surface area contributed by atoms with Gasteiger partial charge in [0.05, 0.1) is 33.8 Å². The average Bonchev–Trinajstić information content (AvgIpc) is 2.67. The topological polar surface area (TPSA) is 64.3 Å². The number of benzene rings is 1. The van der Waals surface area contributed by atoms with Crippen LogP contribution in [-0.2, 0) is 0 Å². The lowest BCUT2D eigenvalue weighted by atomic mass is 10.0. The lowest BCUT2D eigenvalue weighted by Gasteiger charge is -2.36. The summed E-state index contributed by atoms with van der Waals surface area (Å²) >= 11 is 12.0. The van der Waals surface area contributed by atoms with E-state index in [0.717, 1.165) is 0 Å². The fraction of sp³-hybridized carbons (Fsp3) is 0.385. The molecule has 6 heteroatoms. The van der Waals surface area contributed by atoms with E-state index in [9.17, 15) is 15.2 Å². The molecule has 0 spiro atoms. The maximum atomic E-state index is 12.5. The minimum atomic E-state index is -0.855. The van der Waals surface area contributed by atoms with Crippen LogP contribution < -0.4 is 0 Å². The Bertz CT molecular complexity index is 593. The number of carbonyl (C=O) groups excluding carboxylic acids is 1. The lowest BCUT2D eigenvalue weighted by Crippen LogP contribution is -2.48. The molecule has 0 aromatic heterocycles. The molecule has 1 unspecified atom stereocenters. The Morgan fingerprint density at radius 1 is 1.47 bits per heavy atom. The van der Waals surface area contributed by atoms with Crippen LogP contribution in [0.3, 0.4) is 0 Å². The maximum Gasteiger partial charge on any atom is 0.257 e. The Labute approximate surface area is 121 Å². The zero-order chi connectivity index (χ0) is 14.4. The molecule has 1 aromatic rings. The van der Waals surface area contributed by atoms with Crippen LogP contribution in [0.4, 0.5) is 0 Å². The fourth-order valence-corrected chi connectivity index (χ4v) is 2.63. The molecule has 0 saturated heterocycles. The highest BCUT2D eigenvalue weighted by atomic mass is 35.5. The van der Waals surface area contributed by atoms with Gasteiger partial charge in [-0.15, -0.1) is 0 Å². The highest BCUT2D eigenvalue weighted by Crippen LogP contribution is 2.43. The van der Waals surface area contributed by atoms with Crippen LogP contribution >= 0.6 is 23.2 Å². The van der Waals surface area contributed by atoms with E-state index >= 15 is 0 Å². The molecule has 19 heavy (non-hydrogen) atoms. The molecule has 1 aromatic carbocycles. The van der Waals surface area contributed by atoms with Crippen molar-refractivity contribution in [1.29, 1.82) is 5.26 Å². The summed E-state index contributed by atoms with van der Waals surface area (Å²) in [5.74, 6) is -0.381. The smallest absolute Gasteiger partial charge is 0.257 e. The Balaban J connectivity index is 2.65. The van der Waals surface area contributed by atoms with Gasteiger partial charge in [-0.1, -0.05) is 29.3 Å². The molecule has 100 valence electrons. The third-order valence-corrected chi connectivity index (χ3v) is 4.08. The van der Waals surface area contributed by atoms with E-state index in [0.29, 0.717) is 5.56 Å². The van der Waals surface area contributed by atoms with E-state index in [4.69, 9.17) is 23.2 Å². The number of carbonyl (C=O) groups is 1. The van der Waals surface area contributed by atoms with Gasteiger partial charge in [-0.2, -0.15) is 5.26 Å². The van der Waals surface area contributed by atoms with Gasteiger partial charge in [-0.3, -0.25) is 4.79 Å². The molecule has 0 saturated carbocycles. The molecular formula is C13H12Cl2N2O2. The number of nitriles is 1. The monoisotopic (exact) mass is 298 g/mol. The molecular weight excluding hydrogens is 287 g/mol. The fourth-order valence-electron chi connectivity index (χ4n) is 2.22. The second-order valence-electron chi connectivity index (χ2n) is 5.00. The maximum absolute atomic E-state index is 12.5. The first kappa shape index (κ1) is 14.1. The minimum absolute atomic E-state index is 0.153. The largest absolute Gasteiger partial charge is 0.394 e. The molecule has 0 aliphatic carbocycles. The highest BCUT2D eigenvalue weighted by Gasteiger charge is 2.45. The molecule has 1 heterocycles. The van der Waals surface area contributed by atoms with Crippen LogP contribution in [0.5, 0.6) is 0 Å². The van der Waals surface area contributed by atoms with Gasteiger partial charge >= 0.3 is 0 Å².